The Kier molecular flexibility index (Phi) is 3.72. The molecule has 0 aromatic carbocycles. The minimum absolute atomic E-state index is 0.204. The molecule has 0 saturated carbocycles. The molecule has 16 heavy (non-hydrogen) atoms. The van der Waals surface area contributed by atoms with Crippen molar-refractivity contribution >= 4 is 0 Å². The van der Waals surface area contributed by atoms with Gasteiger partial charge in [-0.25, -0.2) is 0 Å². The molecule has 0 aliphatic heterocycles. The third kappa shape index (κ3) is 2.70. The molecular formula is C13H16N2O. The highest BCUT2D eigenvalue weighted by Crippen LogP contribution is 2.17. The van der Waals surface area contributed by atoms with E-state index in [-0.39, 0.29) is 6.04 Å². The van der Waals surface area contributed by atoms with Gasteiger partial charge in [0.1, 0.15) is 5.76 Å². The van der Waals surface area contributed by atoms with Gasteiger partial charge in [-0.3, -0.25) is 4.98 Å². The summed E-state index contributed by atoms with van der Waals surface area (Å²) in [6, 6.07) is 10.1. The Morgan fingerprint density at radius 3 is 2.88 bits per heavy atom. The Bertz CT molecular complexity index is 397. The minimum Gasteiger partial charge on any atom is -0.468 e. The Labute approximate surface area is 95.5 Å². The number of hydrogen-bond donors (Lipinski definition) is 1. The first kappa shape index (κ1) is 10.9. The molecule has 0 aliphatic carbocycles. The van der Waals surface area contributed by atoms with E-state index in [4.69, 9.17) is 4.42 Å². The summed E-state index contributed by atoms with van der Waals surface area (Å²) in [5.74, 6) is 0.965. The maximum absolute atomic E-state index is 5.43. The molecule has 2 aromatic rings. The van der Waals surface area contributed by atoms with E-state index in [1.165, 1.54) is 0 Å². The number of aromatic nitrogens is 1. The molecule has 1 atom stereocenters. The van der Waals surface area contributed by atoms with Crippen molar-refractivity contribution in [2.45, 2.75) is 19.4 Å². The lowest BCUT2D eigenvalue weighted by Gasteiger charge is -2.14. The minimum atomic E-state index is 0.204. The Hall–Kier alpha value is -1.61. The summed E-state index contributed by atoms with van der Waals surface area (Å²) in [5, 5.41) is 3.40. The van der Waals surface area contributed by atoms with Gasteiger partial charge in [-0.15, -0.1) is 0 Å². The summed E-state index contributed by atoms with van der Waals surface area (Å²) in [6.07, 6.45) is 4.38. The molecule has 0 bridgehead atoms. The number of hydrogen-bond acceptors (Lipinski definition) is 3. The van der Waals surface area contributed by atoms with E-state index in [2.05, 4.69) is 17.2 Å². The summed E-state index contributed by atoms with van der Waals surface area (Å²) in [7, 11) is 0. The Balaban J connectivity index is 2.09. The molecule has 0 amide bonds. The van der Waals surface area contributed by atoms with Gasteiger partial charge in [0, 0.05) is 18.3 Å². The van der Waals surface area contributed by atoms with E-state index in [1.807, 2.05) is 36.5 Å². The zero-order valence-electron chi connectivity index (χ0n) is 9.39. The van der Waals surface area contributed by atoms with E-state index in [0.29, 0.717) is 0 Å². The molecule has 0 saturated heterocycles. The third-order valence-electron chi connectivity index (χ3n) is 2.48. The SMILES string of the molecule is CCNC(Cc1ccccn1)c1ccco1. The number of furan rings is 1. The average Bonchev–Trinajstić information content (AvgIpc) is 2.83. The van der Waals surface area contributed by atoms with Crippen LogP contribution in [0.2, 0.25) is 0 Å². The smallest absolute Gasteiger partial charge is 0.121 e. The zero-order valence-corrected chi connectivity index (χ0v) is 9.39. The van der Waals surface area contributed by atoms with E-state index in [1.54, 1.807) is 6.26 Å². The summed E-state index contributed by atoms with van der Waals surface area (Å²) in [4.78, 5) is 4.33. The van der Waals surface area contributed by atoms with Gasteiger partial charge in [-0.2, -0.15) is 0 Å². The lowest BCUT2D eigenvalue weighted by Crippen LogP contribution is -2.22. The van der Waals surface area contributed by atoms with Gasteiger partial charge in [0.05, 0.1) is 12.3 Å². The second-order valence-electron chi connectivity index (χ2n) is 3.65. The van der Waals surface area contributed by atoms with Crippen LogP contribution in [0.25, 0.3) is 0 Å². The van der Waals surface area contributed by atoms with Crippen molar-refractivity contribution in [1.29, 1.82) is 0 Å². The predicted molar refractivity (Wildman–Crippen MR) is 63.1 cm³/mol. The van der Waals surface area contributed by atoms with Gasteiger partial charge in [0.25, 0.3) is 0 Å². The highest BCUT2D eigenvalue weighted by molar-refractivity contribution is 5.11. The quantitative estimate of drug-likeness (QED) is 0.834. The van der Waals surface area contributed by atoms with Gasteiger partial charge in [-0.05, 0) is 30.8 Å². The molecule has 3 heteroatoms. The fourth-order valence-electron chi connectivity index (χ4n) is 1.74. The van der Waals surface area contributed by atoms with E-state index in [9.17, 15) is 0 Å². The van der Waals surface area contributed by atoms with Crippen molar-refractivity contribution in [3.05, 3.63) is 54.2 Å². The normalized spacial score (nSPS) is 12.6. The van der Waals surface area contributed by atoms with E-state index < -0.39 is 0 Å². The number of pyridine rings is 1. The monoisotopic (exact) mass is 216 g/mol. The van der Waals surface area contributed by atoms with Crippen molar-refractivity contribution < 1.29 is 4.42 Å². The standard InChI is InChI=1S/C13H16N2O/c1-2-14-12(13-7-5-9-16-13)10-11-6-3-4-8-15-11/h3-9,12,14H,2,10H2,1H3. The lowest BCUT2D eigenvalue weighted by molar-refractivity contribution is 0.414. The van der Waals surface area contributed by atoms with Crippen molar-refractivity contribution in [2.24, 2.45) is 0 Å². The number of nitrogens with one attached hydrogen (secondary N) is 1. The molecule has 1 N–H and O–H groups in total. The maximum Gasteiger partial charge on any atom is 0.121 e. The van der Waals surface area contributed by atoms with Crippen LogP contribution in [0.4, 0.5) is 0 Å². The molecular weight excluding hydrogens is 200 g/mol. The third-order valence-corrected chi connectivity index (χ3v) is 2.48. The van der Waals surface area contributed by atoms with Crippen LogP contribution >= 0.6 is 0 Å². The van der Waals surface area contributed by atoms with Crippen LogP contribution in [0.1, 0.15) is 24.4 Å². The van der Waals surface area contributed by atoms with Crippen molar-refractivity contribution in [3.63, 3.8) is 0 Å². The fourth-order valence-corrected chi connectivity index (χ4v) is 1.74. The predicted octanol–water partition coefficient (Wildman–Crippen LogP) is 2.57. The molecule has 2 heterocycles. The first-order valence-corrected chi connectivity index (χ1v) is 5.57. The number of nitrogens with zero attached hydrogens (tertiary/aromatic N) is 1. The molecule has 0 fully saturated rings. The molecule has 2 aromatic heterocycles. The highest BCUT2D eigenvalue weighted by atomic mass is 16.3. The second-order valence-corrected chi connectivity index (χ2v) is 3.65. The average molecular weight is 216 g/mol. The topological polar surface area (TPSA) is 38.1 Å². The summed E-state index contributed by atoms with van der Waals surface area (Å²) in [5.41, 5.74) is 1.07. The summed E-state index contributed by atoms with van der Waals surface area (Å²) < 4.78 is 5.43. The van der Waals surface area contributed by atoms with Gasteiger partial charge in [-0.1, -0.05) is 13.0 Å². The van der Waals surface area contributed by atoms with E-state index >= 15 is 0 Å². The van der Waals surface area contributed by atoms with Crippen LogP contribution in [0, 0.1) is 0 Å². The van der Waals surface area contributed by atoms with Crippen LogP contribution in [0.5, 0.6) is 0 Å². The molecule has 1 unspecified atom stereocenters. The second kappa shape index (κ2) is 5.47. The largest absolute Gasteiger partial charge is 0.468 e. The van der Waals surface area contributed by atoms with Crippen molar-refractivity contribution in [3.8, 4) is 0 Å². The number of likely N-dealkylation sites (N-methyl/N-ethyl adjacent to an activating group) is 1. The van der Waals surface area contributed by atoms with Gasteiger partial charge in [0.15, 0.2) is 0 Å². The molecule has 84 valence electrons. The van der Waals surface area contributed by atoms with Crippen LogP contribution in [-0.4, -0.2) is 11.5 Å². The van der Waals surface area contributed by atoms with Gasteiger partial charge < -0.3 is 9.73 Å². The first-order valence-electron chi connectivity index (χ1n) is 5.57. The van der Waals surface area contributed by atoms with Crippen LogP contribution in [0.15, 0.2) is 47.2 Å². The first-order chi connectivity index (χ1) is 7.90. The molecule has 0 aliphatic rings. The molecule has 0 radical (unpaired) electrons. The van der Waals surface area contributed by atoms with Gasteiger partial charge in [0.2, 0.25) is 0 Å². The fraction of sp³-hybridized carbons (Fsp3) is 0.308. The molecule has 3 nitrogen and oxygen atoms in total. The Morgan fingerprint density at radius 1 is 1.31 bits per heavy atom. The van der Waals surface area contributed by atoms with Crippen LogP contribution in [-0.2, 0) is 6.42 Å². The lowest BCUT2D eigenvalue weighted by atomic mass is 10.1. The molecule has 0 spiro atoms. The van der Waals surface area contributed by atoms with Crippen molar-refractivity contribution in [2.75, 3.05) is 6.54 Å². The highest BCUT2D eigenvalue weighted by Gasteiger charge is 2.13. The van der Waals surface area contributed by atoms with Crippen LogP contribution in [0.3, 0.4) is 0 Å². The summed E-state index contributed by atoms with van der Waals surface area (Å²) in [6.45, 7) is 3.01. The van der Waals surface area contributed by atoms with E-state index in [0.717, 1.165) is 24.4 Å². The van der Waals surface area contributed by atoms with Crippen LogP contribution < -0.4 is 5.32 Å². The Morgan fingerprint density at radius 2 is 2.25 bits per heavy atom. The summed E-state index contributed by atoms with van der Waals surface area (Å²) >= 11 is 0. The van der Waals surface area contributed by atoms with Gasteiger partial charge >= 0.3 is 0 Å². The zero-order chi connectivity index (χ0) is 11.2. The maximum atomic E-state index is 5.43. The van der Waals surface area contributed by atoms with Crippen molar-refractivity contribution in [1.82, 2.24) is 10.3 Å². The number of rotatable bonds is 5. The molecule has 2 rings (SSSR count).